The second-order valence-electron chi connectivity index (χ2n) is 6.28. The third-order valence-corrected chi connectivity index (χ3v) is 4.27. The van der Waals surface area contributed by atoms with Crippen molar-refractivity contribution < 1.29 is 4.74 Å². The highest BCUT2D eigenvalue weighted by Crippen LogP contribution is 2.21. The van der Waals surface area contributed by atoms with E-state index in [1.165, 1.54) is 50.5 Å². The minimum atomic E-state index is 0.853. The number of benzene rings is 1. The van der Waals surface area contributed by atoms with Crippen LogP contribution >= 0.6 is 0 Å². The highest BCUT2D eigenvalue weighted by molar-refractivity contribution is 5.33. The first-order valence-corrected chi connectivity index (χ1v) is 9.08. The molecule has 0 aromatic heterocycles. The van der Waals surface area contributed by atoms with Gasteiger partial charge in [0.25, 0.3) is 0 Å². The van der Waals surface area contributed by atoms with Crippen molar-refractivity contribution in [3.8, 4) is 5.75 Å². The molecule has 1 radical (unpaired) electrons. The summed E-state index contributed by atoms with van der Waals surface area (Å²) in [4.78, 5) is 0. The van der Waals surface area contributed by atoms with Gasteiger partial charge in [-0.3, -0.25) is 0 Å². The molecule has 0 saturated carbocycles. The maximum absolute atomic E-state index is 5.80. The molecular weight excluding hydrogens is 268 g/mol. The van der Waals surface area contributed by atoms with E-state index >= 15 is 0 Å². The van der Waals surface area contributed by atoms with Crippen molar-refractivity contribution in [3.63, 3.8) is 0 Å². The van der Waals surface area contributed by atoms with Gasteiger partial charge >= 0.3 is 0 Å². The number of ether oxygens (including phenoxy) is 1. The van der Waals surface area contributed by atoms with Crippen LogP contribution in [0.4, 0.5) is 0 Å². The number of unbranched alkanes of at least 4 members (excludes halogenated alkanes) is 4. The van der Waals surface area contributed by atoms with E-state index in [-0.39, 0.29) is 0 Å². The molecule has 0 N–H and O–H groups in total. The van der Waals surface area contributed by atoms with Crippen LogP contribution in [0.15, 0.2) is 30.5 Å². The fourth-order valence-corrected chi connectivity index (χ4v) is 2.48. The van der Waals surface area contributed by atoms with E-state index in [9.17, 15) is 0 Å². The van der Waals surface area contributed by atoms with Crippen LogP contribution in [0.3, 0.4) is 0 Å². The number of aryl methyl sites for hydroxylation is 1. The first-order chi connectivity index (χ1) is 10.8. The van der Waals surface area contributed by atoms with Crippen molar-refractivity contribution >= 4 is 0 Å². The number of hydrogen-bond acceptors (Lipinski definition) is 1. The number of rotatable bonds is 12. The molecule has 0 bridgehead atoms. The molecule has 0 aliphatic carbocycles. The monoisotopic (exact) mass is 301 g/mol. The smallest absolute Gasteiger partial charge is 0.130 e. The van der Waals surface area contributed by atoms with E-state index < -0.39 is 0 Å². The first kappa shape index (κ1) is 18.8. The minimum absolute atomic E-state index is 0.853. The molecule has 0 aliphatic heterocycles. The van der Waals surface area contributed by atoms with Gasteiger partial charge in [-0.25, -0.2) is 0 Å². The zero-order chi connectivity index (χ0) is 16.0. The standard InChI is InChI=1S/C21H33O/c1-4-6-7-8-13-18-22-21-17-12-11-16-20(21)15-10-9-14-19(3)5-2/h11,13,16-19H,4-10,14-15H2,1-3H3. The van der Waals surface area contributed by atoms with Gasteiger partial charge in [0.15, 0.2) is 0 Å². The van der Waals surface area contributed by atoms with Crippen LogP contribution in [0, 0.1) is 12.0 Å². The van der Waals surface area contributed by atoms with Crippen LogP contribution in [0.25, 0.3) is 0 Å². The fraction of sp³-hybridized carbons (Fsp3) is 0.619. The molecule has 1 unspecified atom stereocenters. The average molecular weight is 301 g/mol. The van der Waals surface area contributed by atoms with Gasteiger partial charge < -0.3 is 4.74 Å². The summed E-state index contributed by atoms with van der Waals surface area (Å²) in [6.45, 7) is 6.85. The van der Waals surface area contributed by atoms with Gasteiger partial charge in [0.05, 0.1) is 6.26 Å². The van der Waals surface area contributed by atoms with Crippen LogP contribution < -0.4 is 4.74 Å². The van der Waals surface area contributed by atoms with Crippen LogP contribution in [-0.2, 0) is 6.42 Å². The van der Waals surface area contributed by atoms with Crippen LogP contribution in [-0.4, -0.2) is 0 Å². The van der Waals surface area contributed by atoms with Gasteiger partial charge in [0.1, 0.15) is 5.75 Å². The molecule has 0 heterocycles. The Kier molecular flexibility index (Phi) is 10.5. The third kappa shape index (κ3) is 8.26. The number of allylic oxidation sites excluding steroid dienone is 1. The van der Waals surface area contributed by atoms with E-state index in [0.29, 0.717) is 0 Å². The third-order valence-electron chi connectivity index (χ3n) is 4.27. The van der Waals surface area contributed by atoms with Gasteiger partial charge in [-0.1, -0.05) is 65.0 Å². The molecule has 1 heteroatoms. The molecule has 0 aliphatic rings. The first-order valence-electron chi connectivity index (χ1n) is 9.08. The van der Waals surface area contributed by atoms with Gasteiger partial charge in [0, 0.05) is 0 Å². The van der Waals surface area contributed by atoms with Crippen LogP contribution in [0.5, 0.6) is 5.75 Å². The largest absolute Gasteiger partial charge is 0.465 e. The predicted octanol–water partition coefficient (Wildman–Crippen LogP) is 6.72. The van der Waals surface area contributed by atoms with Crippen LogP contribution in [0.1, 0.15) is 77.7 Å². The maximum atomic E-state index is 5.80. The van der Waals surface area contributed by atoms with Gasteiger partial charge in [0.2, 0.25) is 0 Å². The summed E-state index contributed by atoms with van der Waals surface area (Å²) in [6, 6.07) is 9.21. The second-order valence-corrected chi connectivity index (χ2v) is 6.28. The molecule has 1 rings (SSSR count). The molecular formula is C21H33O. The Morgan fingerprint density at radius 1 is 1.18 bits per heavy atom. The average Bonchev–Trinajstić information content (AvgIpc) is 2.55. The normalized spacial score (nSPS) is 12.7. The van der Waals surface area contributed by atoms with Gasteiger partial charge in [-0.2, -0.15) is 0 Å². The fourth-order valence-electron chi connectivity index (χ4n) is 2.48. The SMILES string of the molecule is CCCCCC=COc1c[c]ccc1CCCCC(C)CC. The molecule has 0 fully saturated rings. The Balaban J connectivity index is 2.35. The van der Waals surface area contributed by atoms with Gasteiger partial charge in [-0.15, -0.1) is 0 Å². The lowest BCUT2D eigenvalue weighted by Crippen LogP contribution is -1.95. The molecule has 1 aromatic rings. The number of hydrogen-bond donors (Lipinski definition) is 0. The molecule has 0 saturated heterocycles. The molecule has 1 atom stereocenters. The summed E-state index contributed by atoms with van der Waals surface area (Å²) < 4.78 is 5.80. The lowest BCUT2D eigenvalue weighted by atomic mass is 9.99. The van der Waals surface area contributed by atoms with Gasteiger partial charge in [-0.05, 0) is 55.4 Å². The Morgan fingerprint density at radius 2 is 2.05 bits per heavy atom. The molecule has 1 aromatic carbocycles. The Morgan fingerprint density at radius 3 is 2.82 bits per heavy atom. The topological polar surface area (TPSA) is 9.23 Å². The van der Waals surface area contributed by atoms with Crippen LogP contribution in [0.2, 0.25) is 0 Å². The zero-order valence-corrected chi connectivity index (χ0v) is 14.7. The van der Waals surface area contributed by atoms with E-state index in [1.807, 2.05) is 18.4 Å². The summed E-state index contributed by atoms with van der Waals surface area (Å²) in [6.07, 6.45) is 15.2. The molecule has 1 nitrogen and oxygen atoms in total. The van der Waals surface area contributed by atoms with Crippen molar-refractivity contribution in [3.05, 3.63) is 42.2 Å². The molecule has 22 heavy (non-hydrogen) atoms. The van der Waals surface area contributed by atoms with Crippen molar-refractivity contribution in [2.24, 2.45) is 5.92 Å². The predicted molar refractivity (Wildman–Crippen MR) is 96.2 cm³/mol. The minimum Gasteiger partial charge on any atom is -0.465 e. The zero-order valence-electron chi connectivity index (χ0n) is 14.7. The summed E-state index contributed by atoms with van der Waals surface area (Å²) in [5.74, 6) is 1.82. The van der Waals surface area contributed by atoms with E-state index in [4.69, 9.17) is 4.74 Å². The highest BCUT2D eigenvalue weighted by Gasteiger charge is 2.03. The summed E-state index contributed by atoms with van der Waals surface area (Å²) in [5.41, 5.74) is 1.31. The van der Waals surface area contributed by atoms with Crippen molar-refractivity contribution in [2.75, 3.05) is 0 Å². The Bertz CT molecular complexity index is 408. The second kappa shape index (κ2) is 12.3. The van der Waals surface area contributed by atoms with E-state index in [2.05, 4.69) is 39.0 Å². The van der Waals surface area contributed by atoms with Crippen molar-refractivity contribution in [1.82, 2.24) is 0 Å². The molecule has 0 amide bonds. The quantitative estimate of drug-likeness (QED) is 0.307. The summed E-state index contributed by atoms with van der Waals surface area (Å²) >= 11 is 0. The highest BCUT2D eigenvalue weighted by atomic mass is 16.5. The maximum Gasteiger partial charge on any atom is 0.130 e. The van der Waals surface area contributed by atoms with Crippen molar-refractivity contribution in [1.29, 1.82) is 0 Å². The summed E-state index contributed by atoms with van der Waals surface area (Å²) in [5, 5.41) is 0. The molecule has 123 valence electrons. The summed E-state index contributed by atoms with van der Waals surface area (Å²) in [7, 11) is 0. The lowest BCUT2D eigenvalue weighted by Gasteiger charge is -2.10. The van der Waals surface area contributed by atoms with E-state index in [1.54, 1.807) is 0 Å². The van der Waals surface area contributed by atoms with E-state index in [0.717, 1.165) is 24.5 Å². The van der Waals surface area contributed by atoms with Crippen molar-refractivity contribution in [2.45, 2.75) is 78.6 Å². The Hall–Kier alpha value is -1.24. The Labute approximate surface area is 137 Å². The lowest BCUT2D eigenvalue weighted by molar-refractivity contribution is 0.463. The molecule has 0 spiro atoms.